The minimum absolute atomic E-state index is 0.0209. The second-order valence-corrected chi connectivity index (χ2v) is 6.33. The Balaban J connectivity index is 1.60. The number of rotatable bonds is 4. The fourth-order valence-corrected chi connectivity index (χ4v) is 3.21. The first-order valence-electron chi connectivity index (χ1n) is 8.34. The number of nitrogens with one attached hydrogen (secondary N) is 2. The molecule has 4 rings (SSSR count). The molecule has 0 radical (unpaired) electrons. The smallest absolute Gasteiger partial charge is 0.249 e. The molecule has 1 amide bonds. The Morgan fingerprint density at radius 3 is 2.57 bits per heavy atom. The fourth-order valence-electron chi connectivity index (χ4n) is 3.21. The average molecular weight is 378 g/mol. The number of H-pyrrole nitrogens is 1. The molecule has 28 heavy (non-hydrogen) atoms. The molecule has 8 heteroatoms. The van der Waals surface area contributed by atoms with Gasteiger partial charge >= 0.3 is 0 Å². The van der Waals surface area contributed by atoms with E-state index in [1.54, 1.807) is 12.1 Å². The molecule has 0 saturated heterocycles. The molecule has 0 aliphatic heterocycles. The van der Waals surface area contributed by atoms with Gasteiger partial charge in [0.1, 0.15) is 17.3 Å². The Labute approximate surface area is 157 Å². The predicted molar refractivity (Wildman–Crippen MR) is 95.3 cm³/mol. The van der Waals surface area contributed by atoms with Crippen LogP contribution in [0.5, 0.6) is 0 Å². The van der Waals surface area contributed by atoms with Crippen molar-refractivity contribution >= 4 is 17.4 Å². The van der Waals surface area contributed by atoms with E-state index in [9.17, 15) is 23.6 Å². The van der Waals surface area contributed by atoms with E-state index >= 15 is 0 Å². The summed E-state index contributed by atoms with van der Waals surface area (Å²) in [5.41, 5.74) is 2.70. The molecule has 1 heterocycles. The summed E-state index contributed by atoms with van der Waals surface area (Å²) in [6.45, 7) is 0. The van der Waals surface area contributed by atoms with E-state index in [0.717, 1.165) is 17.7 Å². The number of ketones is 1. The number of amides is 1. The molecule has 6 nitrogen and oxygen atoms in total. The third-order valence-electron chi connectivity index (χ3n) is 4.57. The van der Waals surface area contributed by atoms with Crippen LogP contribution in [-0.2, 0) is 11.2 Å². The second-order valence-electron chi connectivity index (χ2n) is 6.33. The molecule has 1 aliphatic carbocycles. The van der Waals surface area contributed by atoms with Crippen molar-refractivity contribution in [2.45, 2.75) is 6.42 Å². The van der Waals surface area contributed by atoms with Crippen LogP contribution in [0.25, 0.3) is 11.3 Å². The minimum Gasteiger partial charge on any atom is -0.325 e. The first-order chi connectivity index (χ1) is 13.5. The van der Waals surface area contributed by atoms with Gasteiger partial charge in [0.2, 0.25) is 11.7 Å². The molecule has 0 saturated carbocycles. The summed E-state index contributed by atoms with van der Waals surface area (Å²) in [5, 5.41) is 18.4. The summed E-state index contributed by atoms with van der Waals surface area (Å²) in [5.74, 6) is -4.11. The topological polar surface area (TPSA) is 98.6 Å². The lowest BCUT2D eigenvalue weighted by molar-refractivity contribution is -0.117. The molecule has 138 valence electrons. The summed E-state index contributed by atoms with van der Waals surface area (Å²) in [7, 11) is 0. The van der Waals surface area contributed by atoms with Crippen LogP contribution in [-0.4, -0.2) is 21.9 Å². The van der Waals surface area contributed by atoms with E-state index in [-0.39, 0.29) is 11.4 Å². The lowest BCUT2D eigenvalue weighted by Crippen LogP contribution is -2.29. The normalized spacial score (nSPS) is 12.6. The fraction of sp³-hybridized carbons (Fsp3) is 0.100. The number of Topliss-reactive ketones (excluding diaryl/α,β-unsaturated/α-hetero) is 1. The molecular formula is C20H12F2N4O2. The number of carbonyl (C=O) groups is 2. The van der Waals surface area contributed by atoms with Crippen molar-refractivity contribution < 1.29 is 18.4 Å². The van der Waals surface area contributed by atoms with Crippen LogP contribution >= 0.6 is 0 Å². The van der Waals surface area contributed by atoms with Gasteiger partial charge in [-0.05, 0) is 42.0 Å². The van der Waals surface area contributed by atoms with Crippen molar-refractivity contribution in [2.75, 3.05) is 5.32 Å². The largest absolute Gasteiger partial charge is 0.325 e. The molecule has 1 aromatic heterocycles. The number of hydrogen-bond acceptors (Lipinski definition) is 4. The number of benzene rings is 2. The monoisotopic (exact) mass is 378 g/mol. The zero-order chi connectivity index (χ0) is 19.8. The molecule has 0 bridgehead atoms. The minimum atomic E-state index is -1.63. The van der Waals surface area contributed by atoms with Crippen molar-refractivity contribution in [2.24, 2.45) is 5.92 Å². The summed E-state index contributed by atoms with van der Waals surface area (Å²) >= 11 is 0. The predicted octanol–water partition coefficient (Wildman–Crippen LogP) is 3.22. The van der Waals surface area contributed by atoms with Gasteiger partial charge in [-0.2, -0.15) is 10.4 Å². The summed E-state index contributed by atoms with van der Waals surface area (Å²) in [6, 6.07) is 10.9. The van der Waals surface area contributed by atoms with E-state index < -0.39 is 29.2 Å². The molecule has 0 fully saturated rings. The SMILES string of the molecule is N#CC(C(=O)Nc1ccc(F)cc1)C(=O)c1n[nH]c2c1Cc1ccc(F)cc1-2. The van der Waals surface area contributed by atoms with Gasteiger partial charge in [0.25, 0.3) is 0 Å². The van der Waals surface area contributed by atoms with Gasteiger partial charge in [-0.1, -0.05) is 6.07 Å². The Morgan fingerprint density at radius 2 is 1.86 bits per heavy atom. The van der Waals surface area contributed by atoms with Gasteiger partial charge in [0.15, 0.2) is 5.92 Å². The number of nitrogens with zero attached hydrogens (tertiary/aromatic N) is 2. The highest BCUT2D eigenvalue weighted by Crippen LogP contribution is 2.37. The van der Waals surface area contributed by atoms with Gasteiger partial charge in [-0.25, -0.2) is 8.78 Å². The zero-order valence-electron chi connectivity index (χ0n) is 14.3. The number of halogens is 2. The molecule has 2 N–H and O–H groups in total. The van der Waals surface area contributed by atoms with Gasteiger partial charge in [-0.3, -0.25) is 14.7 Å². The van der Waals surface area contributed by atoms with Crippen LogP contribution in [0.3, 0.4) is 0 Å². The van der Waals surface area contributed by atoms with Gasteiger partial charge in [-0.15, -0.1) is 0 Å². The Morgan fingerprint density at radius 1 is 1.14 bits per heavy atom. The van der Waals surface area contributed by atoms with Crippen LogP contribution in [0.4, 0.5) is 14.5 Å². The van der Waals surface area contributed by atoms with Crippen LogP contribution in [0.15, 0.2) is 42.5 Å². The molecule has 1 aliphatic rings. The summed E-state index contributed by atoms with van der Waals surface area (Å²) in [4.78, 5) is 25.2. The summed E-state index contributed by atoms with van der Waals surface area (Å²) < 4.78 is 26.5. The van der Waals surface area contributed by atoms with Gasteiger partial charge in [0.05, 0.1) is 11.8 Å². The molecule has 1 unspecified atom stereocenters. The first-order valence-corrected chi connectivity index (χ1v) is 8.34. The number of hydrogen-bond donors (Lipinski definition) is 2. The highest BCUT2D eigenvalue weighted by atomic mass is 19.1. The lowest BCUT2D eigenvalue weighted by atomic mass is 9.98. The van der Waals surface area contributed by atoms with Crippen LogP contribution in [0.1, 0.15) is 21.6 Å². The maximum Gasteiger partial charge on any atom is 0.249 e. The quantitative estimate of drug-likeness (QED) is 0.421. The van der Waals surface area contributed by atoms with E-state index in [4.69, 9.17) is 0 Å². The standard InChI is InChI=1S/C20H12F2N4O2/c21-11-3-5-13(6-4-11)24-20(28)16(9-23)19(27)18-15-7-10-1-2-12(22)8-14(10)17(15)25-26-18/h1-6,8,16H,7H2,(H,24,28)(H,25,26). The third kappa shape index (κ3) is 2.93. The highest BCUT2D eigenvalue weighted by Gasteiger charge is 2.34. The lowest BCUT2D eigenvalue weighted by Gasteiger charge is -2.09. The van der Waals surface area contributed by atoms with Crippen LogP contribution in [0, 0.1) is 28.9 Å². The van der Waals surface area contributed by atoms with Crippen LogP contribution < -0.4 is 5.32 Å². The van der Waals surface area contributed by atoms with Crippen LogP contribution in [0.2, 0.25) is 0 Å². The maximum atomic E-state index is 13.5. The average Bonchev–Trinajstić information content (AvgIpc) is 3.23. The number of fused-ring (bicyclic) bond motifs is 3. The Bertz CT molecular complexity index is 1150. The van der Waals surface area contributed by atoms with E-state index in [1.807, 2.05) is 0 Å². The van der Waals surface area contributed by atoms with E-state index in [1.165, 1.54) is 24.3 Å². The van der Waals surface area contributed by atoms with Gasteiger partial charge < -0.3 is 5.32 Å². The number of anilines is 1. The molecule has 0 spiro atoms. The number of carbonyl (C=O) groups excluding carboxylic acids is 2. The van der Waals surface area contributed by atoms with Gasteiger partial charge in [0, 0.05) is 23.2 Å². The van der Waals surface area contributed by atoms with E-state index in [0.29, 0.717) is 23.2 Å². The number of aromatic nitrogens is 2. The second kappa shape index (κ2) is 6.70. The van der Waals surface area contributed by atoms with Crippen molar-refractivity contribution in [1.82, 2.24) is 10.2 Å². The van der Waals surface area contributed by atoms with Crippen molar-refractivity contribution in [1.29, 1.82) is 5.26 Å². The van der Waals surface area contributed by atoms with Crippen molar-refractivity contribution in [3.05, 3.63) is 70.9 Å². The third-order valence-corrected chi connectivity index (χ3v) is 4.57. The zero-order valence-corrected chi connectivity index (χ0v) is 14.3. The van der Waals surface area contributed by atoms with E-state index in [2.05, 4.69) is 15.5 Å². The molecular weight excluding hydrogens is 366 g/mol. The van der Waals surface area contributed by atoms with Crippen molar-refractivity contribution in [3.8, 4) is 17.3 Å². The Kier molecular flexibility index (Phi) is 4.20. The van der Waals surface area contributed by atoms with Crippen molar-refractivity contribution in [3.63, 3.8) is 0 Å². The summed E-state index contributed by atoms with van der Waals surface area (Å²) in [6.07, 6.45) is 0.347. The number of aromatic amines is 1. The first kappa shape index (κ1) is 17.5. The maximum absolute atomic E-state index is 13.5. The number of nitriles is 1. The molecule has 2 aromatic carbocycles. The highest BCUT2D eigenvalue weighted by molar-refractivity contribution is 6.16. The molecule has 3 aromatic rings. The molecule has 1 atom stereocenters. The Hall–Kier alpha value is -3.86.